The highest BCUT2D eigenvalue weighted by atomic mass is 32.1. The lowest BCUT2D eigenvalue weighted by atomic mass is 10.1. The maximum atomic E-state index is 12.5. The third-order valence-electron chi connectivity index (χ3n) is 3.44. The lowest BCUT2D eigenvalue weighted by Gasteiger charge is -2.16. The van der Waals surface area contributed by atoms with Crippen LogP contribution in [0.4, 0.5) is 0 Å². The molecule has 0 saturated carbocycles. The van der Waals surface area contributed by atoms with Crippen LogP contribution in [0, 0.1) is 6.92 Å². The van der Waals surface area contributed by atoms with Crippen molar-refractivity contribution >= 4 is 27.5 Å². The first-order chi connectivity index (χ1) is 10.6. The van der Waals surface area contributed by atoms with Gasteiger partial charge in [-0.15, -0.1) is 11.3 Å². The van der Waals surface area contributed by atoms with E-state index in [0.29, 0.717) is 12.1 Å². The molecule has 112 valence electrons. The van der Waals surface area contributed by atoms with E-state index >= 15 is 0 Å². The number of para-hydroxylation sites is 1. The van der Waals surface area contributed by atoms with Gasteiger partial charge in [-0.2, -0.15) is 0 Å². The number of H-pyrrole nitrogens is 1. The highest BCUT2D eigenvalue weighted by molar-refractivity contribution is 7.18. The molecule has 5 nitrogen and oxygen atoms in total. The summed E-state index contributed by atoms with van der Waals surface area (Å²) in [4.78, 5) is 32.9. The van der Waals surface area contributed by atoms with Crippen LogP contribution in [0.5, 0.6) is 0 Å². The second-order valence-electron chi connectivity index (χ2n) is 5.10. The van der Waals surface area contributed by atoms with Crippen LogP contribution in [-0.4, -0.2) is 27.8 Å². The van der Waals surface area contributed by atoms with E-state index in [9.17, 15) is 9.59 Å². The minimum absolute atomic E-state index is 0.186. The molecular weight excluding hydrogens is 298 g/mol. The fourth-order valence-corrected chi connectivity index (χ4v) is 3.32. The van der Waals surface area contributed by atoms with Crippen LogP contribution in [-0.2, 0) is 6.54 Å². The summed E-state index contributed by atoms with van der Waals surface area (Å²) < 4.78 is 1.09. The normalized spacial score (nSPS) is 10.8. The number of hydrogen-bond acceptors (Lipinski definition) is 4. The number of carbonyl (C=O) groups excluding carboxylic acids is 1. The van der Waals surface area contributed by atoms with Crippen molar-refractivity contribution in [2.45, 2.75) is 13.5 Å². The number of aromatic nitrogens is 2. The molecule has 3 rings (SSSR count). The number of aryl methyl sites for hydroxylation is 1. The average Bonchev–Trinajstić information content (AvgIpc) is 2.89. The SMILES string of the molecule is Cc1cc[nH]c(=O)c1C(=O)N(C)Cc1nc2ccccc2s1. The number of nitrogens with zero attached hydrogens (tertiary/aromatic N) is 2. The van der Waals surface area contributed by atoms with Crippen molar-refractivity contribution in [1.29, 1.82) is 0 Å². The minimum Gasteiger partial charge on any atom is -0.335 e. The number of amides is 1. The number of carbonyl (C=O) groups is 1. The molecule has 0 bridgehead atoms. The summed E-state index contributed by atoms with van der Waals surface area (Å²) in [6.45, 7) is 2.14. The van der Waals surface area contributed by atoms with E-state index in [2.05, 4.69) is 9.97 Å². The van der Waals surface area contributed by atoms with Gasteiger partial charge in [0.15, 0.2) is 0 Å². The number of thiazole rings is 1. The lowest BCUT2D eigenvalue weighted by molar-refractivity contribution is 0.0782. The lowest BCUT2D eigenvalue weighted by Crippen LogP contribution is -2.32. The van der Waals surface area contributed by atoms with Crippen molar-refractivity contribution < 1.29 is 4.79 Å². The third-order valence-corrected chi connectivity index (χ3v) is 4.46. The molecule has 0 atom stereocenters. The molecule has 3 aromatic rings. The van der Waals surface area contributed by atoms with Crippen LogP contribution < -0.4 is 5.56 Å². The van der Waals surface area contributed by atoms with Gasteiger partial charge < -0.3 is 9.88 Å². The number of hydrogen-bond donors (Lipinski definition) is 1. The van der Waals surface area contributed by atoms with E-state index in [0.717, 1.165) is 15.2 Å². The summed E-state index contributed by atoms with van der Waals surface area (Å²) in [5, 5.41) is 0.849. The number of aromatic amines is 1. The van der Waals surface area contributed by atoms with Gasteiger partial charge in [0.1, 0.15) is 10.6 Å². The van der Waals surface area contributed by atoms with Crippen LogP contribution in [0.2, 0.25) is 0 Å². The Labute approximate surface area is 131 Å². The molecule has 2 aromatic heterocycles. The first kappa shape index (κ1) is 14.5. The van der Waals surface area contributed by atoms with Gasteiger partial charge in [-0.05, 0) is 30.7 Å². The number of nitrogens with one attached hydrogen (secondary N) is 1. The van der Waals surface area contributed by atoms with Crippen LogP contribution in [0.3, 0.4) is 0 Å². The average molecular weight is 313 g/mol. The van der Waals surface area contributed by atoms with E-state index in [-0.39, 0.29) is 17.0 Å². The van der Waals surface area contributed by atoms with Crippen LogP contribution >= 0.6 is 11.3 Å². The Kier molecular flexibility index (Phi) is 3.77. The van der Waals surface area contributed by atoms with Crippen molar-refractivity contribution in [2.75, 3.05) is 7.05 Å². The molecule has 0 saturated heterocycles. The van der Waals surface area contributed by atoms with Gasteiger partial charge in [-0.25, -0.2) is 4.98 Å². The fraction of sp³-hybridized carbons (Fsp3) is 0.188. The number of fused-ring (bicyclic) bond motifs is 1. The molecule has 0 aliphatic heterocycles. The Morgan fingerprint density at radius 3 is 2.82 bits per heavy atom. The van der Waals surface area contributed by atoms with Crippen molar-refractivity contribution in [1.82, 2.24) is 14.9 Å². The summed E-state index contributed by atoms with van der Waals surface area (Å²) >= 11 is 1.56. The highest BCUT2D eigenvalue weighted by Crippen LogP contribution is 2.22. The minimum atomic E-state index is -0.360. The van der Waals surface area contributed by atoms with Crippen LogP contribution in [0.25, 0.3) is 10.2 Å². The summed E-state index contributed by atoms with van der Waals surface area (Å²) in [5.74, 6) is -0.293. The molecule has 1 aromatic carbocycles. The highest BCUT2D eigenvalue weighted by Gasteiger charge is 2.19. The largest absolute Gasteiger partial charge is 0.335 e. The molecular formula is C16H15N3O2S. The first-order valence-corrected chi connectivity index (χ1v) is 7.66. The smallest absolute Gasteiger partial charge is 0.261 e. The maximum Gasteiger partial charge on any atom is 0.261 e. The zero-order chi connectivity index (χ0) is 15.7. The molecule has 0 unspecified atom stereocenters. The Balaban J connectivity index is 1.86. The molecule has 0 fully saturated rings. The summed E-state index contributed by atoms with van der Waals surface area (Å²) in [6.07, 6.45) is 1.54. The molecule has 1 N–H and O–H groups in total. The molecule has 2 heterocycles. The fourth-order valence-electron chi connectivity index (χ4n) is 2.30. The van der Waals surface area contributed by atoms with Gasteiger partial charge in [0, 0.05) is 13.2 Å². The first-order valence-electron chi connectivity index (χ1n) is 6.84. The molecule has 0 aliphatic rings. The number of rotatable bonds is 3. The Morgan fingerprint density at radius 2 is 2.09 bits per heavy atom. The Morgan fingerprint density at radius 1 is 1.32 bits per heavy atom. The Hall–Kier alpha value is -2.47. The molecule has 6 heteroatoms. The van der Waals surface area contributed by atoms with Gasteiger partial charge in [0.25, 0.3) is 11.5 Å². The second-order valence-corrected chi connectivity index (χ2v) is 6.22. The topological polar surface area (TPSA) is 66.1 Å². The van der Waals surface area contributed by atoms with Crippen molar-refractivity contribution in [3.8, 4) is 0 Å². The van der Waals surface area contributed by atoms with Gasteiger partial charge in [0.05, 0.1) is 16.8 Å². The van der Waals surface area contributed by atoms with E-state index in [1.54, 1.807) is 37.6 Å². The van der Waals surface area contributed by atoms with E-state index < -0.39 is 0 Å². The summed E-state index contributed by atoms with van der Waals surface area (Å²) in [7, 11) is 1.68. The molecule has 1 amide bonds. The molecule has 0 spiro atoms. The zero-order valence-corrected chi connectivity index (χ0v) is 13.1. The monoisotopic (exact) mass is 313 g/mol. The second kappa shape index (κ2) is 5.73. The maximum absolute atomic E-state index is 12.5. The zero-order valence-electron chi connectivity index (χ0n) is 12.3. The molecule has 22 heavy (non-hydrogen) atoms. The van der Waals surface area contributed by atoms with Crippen LogP contribution in [0.1, 0.15) is 20.9 Å². The van der Waals surface area contributed by atoms with Gasteiger partial charge in [0.2, 0.25) is 0 Å². The molecule has 0 radical (unpaired) electrons. The van der Waals surface area contributed by atoms with Crippen molar-refractivity contribution in [3.63, 3.8) is 0 Å². The third kappa shape index (κ3) is 2.65. The standard InChI is InChI=1S/C16H15N3O2S/c1-10-7-8-17-15(20)14(10)16(21)19(2)9-13-18-11-5-3-4-6-12(11)22-13/h3-8H,9H2,1-2H3,(H,17,20). The quantitative estimate of drug-likeness (QED) is 0.808. The number of pyridine rings is 1. The predicted molar refractivity (Wildman–Crippen MR) is 87.2 cm³/mol. The van der Waals surface area contributed by atoms with Crippen molar-refractivity contribution in [2.24, 2.45) is 0 Å². The predicted octanol–water partition coefficient (Wildman–Crippen LogP) is 2.57. The summed E-state index contributed by atoms with van der Waals surface area (Å²) in [5.41, 5.74) is 1.43. The van der Waals surface area contributed by atoms with E-state index in [1.807, 2.05) is 24.3 Å². The van der Waals surface area contributed by atoms with Crippen LogP contribution in [0.15, 0.2) is 41.3 Å². The Bertz CT molecular complexity index is 865. The van der Waals surface area contributed by atoms with Crippen molar-refractivity contribution in [3.05, 3.63) is 63.0 Å². The number of benzene rings is 1. The molecule has 0 aliphatic carbocycles. The van der Waals surface area contributed by atoms with E-state index in [4.69, 9.17) is 0 Å². The van der Waals surface area contributed by atoms with Gasteiger partial charge >= 0.3 is 0 Å². The van der Waals surface area contributed by atoms with Gasteiger partial charge in [-0.1, -0.05) is 12.1 Å². The van der Waals surface area contributed by atoms with E-state index in [1.165, 1.54) is 4.90 Å². The van der Waals surface area contributed by atoms with Gasteiger partial charge in [-0.3, -0.25) is 9.59 Å². The summed E-state index contributed by atoms with van der Waals surface area (Å²) in [6, 6.07) is 9.58.